The molecule has 37 heavy (non-hydrogen) atoms. The zero-order valence-electron chi connectivity index (χ0n) is 21.0. The van der Waals surface area contributed by atoms with Gasteiger partial charge in [0.25, 0.3) is 0 Å². The zero-order valence-corrected chi connectivity index (χ0v) is 21.9. The third-order valence-corrected chi connectivity index (χ3v) is 9.35. The predicted molar refractivity (Wildman–Crippen MR) is 146 cm³/mol. The molecule has 2 saturated heterocycles. The highest BCUT2D eigenvalue weighted by Crippen LogP contribution is 2.60. The number of hydrogen-bond acceptors (Lipinski definition) is 10. The van der Waals surface area contributed by atoms with Gasteiger partial charge < -0.3 is 25.1 Å². The first-order valence-corrected chi connectivity index (χ1v) is 13.7. The van der Waals surface area contributed by atoms with Crippen molar-refractivity contribution in [2.24, 2.45) is 21.5 Å². The number of rotatable bonds is 3. The zero-order chi connectivity index (χ0) is 25.2. The molecule has 6 heterocycles. The Balaban J connectivity index is 1.10. The van der Waals surface area contributed by atoms with Gasteiger partial charge in [0.05, 0.1) is 35.8 Å². The molecule has 0 radical (unpaired) electrons. The Bertz CT molecular complexity index is 1310. The first-order valence-electron chi connectivity index (χ1n) is 13.3. The fourth-order valence-corrected chi connectivity index (χ4v) is 7.28. The Labute approximate surface area is 221 Å². The van der Waals surface area contributed by atoms with Crippen LogP contribution >= 0.6 is 12.2 Å². The molecule has 2 aromatic heterocycles. The van der Waals surface area contributed by atoms with Crippen LogP contribution in [0.2, 0.25) is 0 Å². The summed E-state index contributed by atoms with van der Waals surface area (Å²) in [4.78, 5) is 14.4. The maximum absolute atomic E-state index is 9.13. The molecule has 2 spiro atoms. The number of hydrogen-bond donors (Lipinski definition) is 3. The number of nitrogens with zero attached hydrogens (tertiary/aromatic N) is 6. The molecule has 0 bridgehead atoms. The van der Waals surface area contributed by atoms with Gasteiger partial charge in [-0.15, -0.1) is 0 Å². The summed E-state index contributed by atoms with van der Waals surface area (Å²) in [6, 6.07) is 3.94. The van der Waals surface area contributed by atoms with Crippen molar-refractivity contribution in [2.45, 2.75) is 51.0 Å². The first-order chi connectivity index (χ1) is 18.1. The quantitative estimate of drug-likeness (QED) is 0.242. The highest BCUT2D eigenvalue weighted by atomic mass is 32.1. The summed E-state index contributed by atoms with van der Waals surface area (Å²) in [5, 5.41) is 25.9. The van der Waals surface area contributed by atoms with Crippen LogP contribution in [0.25, 0.3) is 0 Å². The fraction of sp³-hybridized carbons (Fsp3) is 0.577. The molecule has 7 rings (SSSR count). The van der Waals surface area contributed by atoms with Gasteiger partial charge in [-0.1, -0.05) is 17.4 Å². The van der Waals surface area contributed by atoms with Crippen LogP contribution in [0.3, 0.4) is 0 Å². The molecular formula is C26H32N8O2S. The Morgan fingerprint density at radius 1 is 1.24 bits per heavy atom. The van der Waals surface area contributed by atoms with E-state index in [0.717, 1.165) is 99.3 Å². The lowest BCUT2D eigenvalue weighted by atomic mass is 9.69. The third-order valence-electron chi connectivity index (χ3n) is 9.08. The molecule has 5 aliphatic rings. The number of ether oxygens (including phenoxy) is 1. The SMILES string of the molecule is C/C(=N/O)c1ccc2c(n1)CCCN2c1n[nH]c2c1NCC(N1CCC3(CC1)COC1(CC1)[C@H]3C=S)=N2. The average molecular weight is 521 g/mol. The van der Waals surface area contributed by atoms with Gasteiger partial charge in [0, 0.05) is 31.0 Å². The third kappa shape index (κ3) is 3.58. The number of likely N-dealkylation sites (tertiary alicyclic amines) is 1. The highest BCUT2D eigenvalue weighted by molar-refractivity contribution is 7.79. The van der Waals surface area contributed by atoms with Crippen molar-refractivity contribution >= 4 is 52.1 Å². The summed E-state index contributed by atoms with van der Waals surface area (Å²) < 4.78 is 6.29. The number of piperidine rings is 1. The molecule has 194 valence electrons. The lowest BCUT2D eigenvalue weighted by molar-refractivity contribution is 0.0656. The largest absolute Gasteiger partial charge is 0.411 e. The number of oxime groups is 1. The van der Waals surface area contributed by atoms with E-state index in [1.807, 2.05) is 17.5 Å². The van der Waals surface area contributed by atoms with Gasteiger partial charge in [0.15, 0.2) is 11.6 Å². The molecule has 3 N–H and O–H groups in total. The molecular weight excluding hydrogens is 488 g/mol. The minimum absolute atomic E-state index is 0.0600. The standard InChI is InChI=1S/C26H32N8O2S/c1-16(32-35)17-4-5-19-18(28-17)3-2-10-34(19)24-22-23(30-31-24)29-21(13-27-22)33-11-8-25(9-12-33)15-36-26(6-7-26)20(25)14-37/h4-5,14,20,27,35H,2-3,6-13,15H2,1H3,(H,30,31)/b32-16-/t20-/m0/s1. The van der Waals surface area contributed by atoms with E-state index < -0.39 is 0 Å². The van der Waals surface area contributed by atoms with Crippen molar-refractivity contribution in [2.75, 3.05) is 43.0 Å². The number of nitrogens with one attached hydrogen (secondary N) is 2. The van der Waals surface area contributed by atoms with Gasteiger partial charge in [-0.3, -0.25) is 5.10 Å². The Kier molecular flexibility index (Phi) is 5.30. The number of H-pyrrole nitrogens is 1. The minimum atomic E-state index is 0.0600. The molecule has 10 nitrogen and oxygen atoms in total. The molecule has 1 saturated carbocycles. The number of fused-ring (bicyclic) bond motifs is 2. The molecule has 0 aromatic carbocycles. The van der Waals surface area contributed by atoms with Gasteiger partial charge in [-0.05, 0) is 62.9 Å². The van der Waals surface area contributed by atoms with E-state index in [2.05, 4.69) is 30.5 Å². The summed E-state index contributed by atoms with van der Waals surface area (Å²) in [6.07, 6.45) is 6.35. The number of amidine groups is 1. The molecule has 4 aliphatic heterocycles. The Morgan fingerprint density at radius 2 is 2.08 bits per heavy atom. The molecule has 1 aliphatic carbocycles. The normalized spacial score (nSPS) is 25.5. The summed E-state index contributed by atoms with van der Waals surface area (Å²) in [6.45, 7) is 6.07. The van der Waals surface area contributed by atoms with Gasteiger partial charge in [-0.25, -0.2) is 9.98 Å². The molecule has 3 fully saturated rings. The van der Waals surface area contributed by atoms with E-state index >= 15 is 0 Å². The van der Waals surface area contributed by atoms with Crippen molar-refractivity contribution in [3.05, 3.63) is 23.5 Å². The van der Waals surface area contributed by atoms with Crippen molar-refractivity contribution in [3.63, 3.8) is 0 Å². The van der Waals surface area contributed by atoms with Crippen LogP contribution in [0, 0.1) is 11.3 Å². The monoisotopic (exact) mass is 520 g/mol. The topological polar surface area (TPSA) is 114 Å². The van der Waals surface area contributed by atoms with Crippen molar-refractivity contribution in [1.29, 1.82) is 0 Å². The number of aromatic amines is 1. The van der Waals surface area contributed by atoms with E-state index in [0.29, 0.717) is 23.9 Å². The van der Waals surface area contributed by atoms with E-state index in [9.17, 15) is 0 Å². The highest BCUT2D eigenvalue weighted by Gasteiger charge is 2.63. The van der Waals surface area contributed by atoms with Crippen molar-refractivity contribution in [3.8, 4) is 0 Å². The number of aliphatic imine (C=N–C) groups is 1. The number of pyridine rings is 1. The molecule has 1 atom stereocenters. The van der Waals surface area contributed by atoms with Gasteiger partial charge >= 0.3 is 0 Å². The van der Waals surface area contributed by atoms with Crippen LogP contribution in [0.5, 0.6) is 0 Å². The summed E-state index contributed by atoms with van der Waals surface area (Å²) in [5.41, 5.74) is 4.41. The van der Waals surface area contributed by atoms with E-state index in [-0.39, 0.29) is 11.0 Å². The van der Waals surface area contributed by atoms with Gasteiger partial charge in [0.1, 0.15) is 17.2 Å². The summed E-state index contributed by atoms with van der Waals surface area (Å²) >= 11 is 5.47. The maximum Gasteiger partial charge on any atom is 0.180 e. The lowest BCUT2D eigenvalue weighted by Crippen LogP contribution is -2.49. The molecule has 2 aromatic rings. The second-order valence-electron chi connectivity index (χ2n) is 11.1. The molecule has 0 amide bonds. The minimum Gasteiger partial charge on any atom is -0.411 e. The summed E-state index contributed by atoms with van der Waals surface area (Å²) in [5.74, 6) is 3.08. The predicted octanol–water partition coefficient (Wildman–Crippen LogP) is 3.80. The van der Waals surface area contributed by atoms with Gasteiger partial charge in [0.2, 0.25) is 0 Å². The fourth-order valence-electron chi connectivity index (χ4n) is 6.74. The second kappa shape index (κ2) is 8.49. The number of aromatic nitrogens is 3. The number of anilines is 3. The van der Waals surface area contributed by atoms with Crippen LogP contribution < -0.4 is 10.2 Å². The average Bonchev–Trinajstić information content (AvgIpc) is 3.50. The van der Waals surface area contributed by atoms with Crippen LogP contribution in [-0.4, -0.2) is 80.6 Å². The van der Waals surface area contributed by atoms with E-state index in [1.54, 1.807) is 6.92 Å². The smallest absolute Gasteiger partial charge is 0.180 e. The number of aryl methyl sites for hydroxylation is 1. The van der Waals surface area contributed by atoms with Crippen LogP contribution in [0.4, 0.5) is 23.0 Å². The molecule has 0 unspecified atom stereocenters. The van der Waals surface area contributed by atoms with Crippen LogP contribution in [-0.2, 0) is 11.2 Å². The second-order valence-corrected chi connectivity index (χ2v) is 11.3. The first kappa shape index (κ1) is 23.1. The number of thiocarbonyl (C=S) groups is 1. The van der Waals surface area contributed by atoms with Crippen LogP contribution in [0.15, 0.2) is 22.3 Å². The van der Waals surface area contributed by atoms with E-state index in [4.69, 9.17) is 32.1 Å². The summed E-state index contributed by atoms with van der Waals surface area (Å²) in [7, 11) is 0. The van der Waals surface area contributed by atoms with E-state index in [1.165, 1.54) is 0 Å². The van der Waals surface area contributed by atoms with Gasteiger partial charge in [-0.2, -0.15) is 5.10 Å². The van der Waals surface area contributed by atoms with Crippen LogP contribution in [0.1, 0.15) is 50.4 Å². The molecule has 11 heteroatoms. The van der Waals surface area contributed by atoms with Crippen molar-refractivity contribution < 1.29 is 9.94 Å². The Hall–Kier alpha value is -3.05. The maximum atomic E-state index is 9.13. The van der Waals surface area contributed by atoms with Crippen molar-refractivity contribution in [1.82, 2.24) is 20.1 Å². The lowest BCUT2D eigenvalue weighted by Gasteiger charge is -2.43. The Morgan fingerprint density at radius 3 is 2.84 bits per heavy atom.